The summed E-state index contributed by atoms with van der Waals surface area (Å²) < 4.78 is 0. The summed E-state index contributed by atoms with van der Waals surface area (Å²) in [7, 11) is 0. The quantitative estimate of drug-likeness (QED) is 0.799. The van der Waals surface area contributed by atoms with Gasteiger partial charge in [0, 0.05) is 30.2 Å². The van der Waals surface area contributed by atoms with Crippen molar-refractivity contribution in [2.45, 2.75) is 32.7 Å². The second-order valence-corrected chi connectivity index (χ2v) is 6.55. The Morgan fingerprint density at radius 2 is 2.17 bits per heavy atom. The zero-order chi connectivity index (χ0) is 16.5. The van der Waals surface area contributed by atoms with Crippen LogP contribution in [0.3, 0.4) is 0 Å². The lowest BCUT2D eigenvalue weighted by Crippen LogP contribution is -2.19. The third kappa shape index (κ3) is 2.66. The van der Waals surface area contributed by atoms with E-state index in [-0.39, 0.29) is 0 Å². The molecule has 0 bridgehead atoms. The summed E-state index contributed by atoms with van der Waals surface area (Å²) in [5.41, 5.74) is 7.18. The van der Waals surface area contributed by atoms with Crippen LogP contribution in [-0.2, 0) is 13.0 Å². The van der Waals surface area contributed by atoms with Crippen molar-refractivity contribution in [1.82, 2.24) is 19.9 Å². The van der Waals surface area contributed by atoms with Gasteiger partial charge in [-0.25, -0.2) is 15.0 Å². The molecule has 2 aromatic heterocycles. The Hall–Kier alpha value is -2.69. The number of hydrogen-bond acceptors (Lipinski definition) is 4. The van der Waals surface area contributed by atoms with Gasteiger partial charge in [-0.05, 0) is 29.5 Å². The largest absolute Gasteiger partial charge is 0.365 e. The molecular formula is C19H21N5. The van der Waals surface area contributed by atoms with Gasteiger partial charge in [0.25, 0.3) is 0 Å². The fourth-order valence-electron chi connectivity index (χ4n) is 3.37. The van der Waals surface area contributed by atoms with Gasteiger partial charge in [-0.1, -0.05) is 26.0 Å². The molecule has 0 saturated heterocycles. The van der Waals surface area contributed by atoms with E-state index in [1.165, 1.54) is 16.8 Å². The Kier molecular flexibility index (Phi) is 3.76. The van der Waals surface area contributed by atoms with Crippen LogP contribution in [-0.4, -0.2) is 26.5 Å². The Morgan fingerprint density at radius 1 is 1.25 bits per heavy atom. The zero-order valence-corrected chi connectivity index (χ0v) is 14.0. The highest BCUT2D eigenvalue weighted by Crippen LogP contribution is 2.35. The van der Waals surface area contributed by atoms with Crippen molar-refractivity contribution in [3.05, 3.63) is 60.2 Å². The van der Waals surface area contributed by atoms with Crippen LogP contribution in [0.1, 0.15) is 36.7 Å². The molecule has 0 unspecified atom stereocenters. The standard InChI is InChI=1S/C19H21N5/c1-13(2)19-17(9-21-12-23-19)15-4-3-14-5-6-24(18(14)7-15)10-16-8-20-11-22-16/h3-4,7-9,11-13H,5-6,10H2,1-2H3,(H,20,22). The number of aromatic nitrogens is 4. The van der Waals surface area contributed by atoms with E-state index in [2.05, 4.69) is 56.9 Å². The van der Waals surface area contributed by atoms with Crippen LogP contribution in [0.4, 0.5) is 5.69 Å². The molecule has 0 radical (unpaired) electrons. The van der Waals surface area contributed by atoms with Crippen molar-refractivity contribution in [1.29, 1.82) is 0 Å². The lowest BCUT2D eigenvalue weighted by Gasteiger charge is -2.19. The third-order valence-corrected chi connectivity index (χ3v) is 4.59. The van der Waals surface area contributed by atoms with Gasteiger partial charge in [-0.3, -0.25) is 0 Å². The van der Waals surface area contributed by atoms with Crippen LogP contribution in [0, 0.1) is 0 Å². The molecular weight excluding hydrogens is 298 g/mol. The SMILES string of the molecule is CC(C)c1ncncc1-c1ccc2c(c1)N(Cc1c[nH]cn1)CC2. The van der Waals surface area contributed by atoms with Crippen LogP contribution in [0.5, 0.6) is 0 Å². The van der Waals surface area contributed by atoms with Crippen molar-refractivity contribution >= 4 is 5.69 Å². The van der Waals surface area contributed by atoms with Crippen LogP contribution in [0.2, 0.25) is 0 Å². The smallest absolute Gasteiger partial charge is 0.115 e. The first-order valence-corrected chi connectivity index (χ1v) is 8.38. The molecule has 0 spiro atoms. The molecule has 24 heavy (non-hydrogen) atoms. The maximum Gasteiger partial charge on any atom is 0.115 e. The topological polar surface area (TPSA) is 57.7 Å². The van der Waals surface area contributed by atoms with E-state index in [1.54, 1.807) is 12.7 Å². The summed E-state index contributed by atoms with van der Waals surface area (Å²) in [6.45, 7) is 6.21. The van der Waals surface area contributed by atoms with E-state index in [0.29, 0.717) is 5.92 Å². The minimum Gasteiger partial charge on any atom is -0.365 e. The molecule has 0 fully saturated rings. The number of H-pyrrole nitrogens is 1. The predicted octanol–water partition coefficient (Wildman–Crippen LogP) is 3.55. The molecule has 0 saturated carbocycles. The minimum absolute atomic E-state index is 0.372. The zero-order valence-electron chi connectivity index (χ0n) is 14.0. The number of nitrogens with one attached hydrogen (secondary N) is 1. The minimum atomic E-state index is 0.372. The normalized spacial score (nSPS) is 13.5. The van der Waals surface area contributed by atoms with Gasteiger partial charge in [-0.15, -0.1) is 0 Å². The number of anilines is 1. The number of fused-ring (bicyclic) bond motifs is 1. The van der Waals surface area contributed by atoms with E-state index in [9.17, 15) is 0 Å². The molecule has 1 aromatic carbocycles. The number of hydrogen-bond donors (Lipinski definition) is 1. The van der Waals surface area contributed by atoms with Gasteiger partial charge in [0.1, 0.15) is 6.33 Å². The molecule has 3 aromatic rings. The molecule has 1 aliphatic heterocycles. The maximum atomic E-state index is 4.49. The van der Waals surface area contributed by atoms with Crippen molar-refractivity contribution in [2.24, 2.45) is 0 Å². The van der Waals surface area contributed by atoms with Gasteiger partial charge in [0.05, 0.1) is 24.3 Å². The number of nitrogens with zero attached hydrogens (tertiary/aromatic N) is 4. The molecule has 0 amide bonds. The van der Waals surface area contributed by atoms with Gasteiger partial charge < -0.3 is 9.88 Å². The van der Waals surface area contributed by atoms with E-state index in [0.717, 1.165) is 36.5 Å². The number of imidazole rings is 1. The average molecular weight is 319 g/mol. The van der Waals surface area contributed by atoms with Crippen molar-refractivity contribution in [3.63, 3.8) is 0 Å². The molecule has 1 aliphatic rings. The highest BCUT2D eigenvalue weighted by molar-refractivity contribution is 5.73. The Bertz CT molecular complexity index is 839. The number of benzene rings is 1. The fourth-order valence-corrected chi connectivity index (χ4v) is 3.37. The predicted molar refractivity (Wildman–Crippen MR) is 94.9 cm³/mol. The molecule has 3 heterocycles. The lowest BCUT2D eigenvalue weighted by atomic mass is 9.97. The van der Waals surface area contributed by atoms with Crippen LogP contribution in [0.25, 0.3) is 11.1 Å². The second kappa shape index (κ2) is 6.07. The summed E-state index contributed by atoms with van der Waals surface area (Å²) in [4.78, 5) is 18.5. The Labute approximate surface area is 141 Å². The first-order chi connectivity index (χ1) is 11.7. The molecule has 4 rings (SSSR count). The Balaban J connectivity index is 1.71. The highest BCUT2D eigenvalue weighted by atomic mass is 15.2. The first-order valence-electron chi connectivity index (χ1n) is 8.38. The molecule has 5 heteroatoms. The maximum absolute atomic E-state index is 4.49. The van der Waals surface area contributed by atoms with Crippen molar-refractivity contribution in [2.75, 3.05) is 11.4 Å². The summed E-state index contributed by atoms with van der Waals surface area (Å²) in [5.74, 6) is 0.372. The first kappa shape index (κ1) is 14.9. The van der Waals surface area contributed by atoms with Gasteiger partial charge in [0.15, 0.2) is 0 Å². The van der Waals surface area contributed by atoms with E-state index in [1.807, 2.05) is 12.4 Å². The van der Waals surface area contributed by atoms with Gasteiger partial charge >= 0.3 is 0 Å². The Morgan fingerprint density at radius 3 is 2.96 bits per heavy atom. The molecule has 0 aliphatic carbocycles. The fraction of sp³-hybridized carbons (Fsp3) is 0.316. The molecule has 0 atom stereocenters. The number of rotatable bonds is 4. The van der Waals surface area contributed by atoms with Crippen LogP contribution >= 0.6 is 0 Å². The van der Waals surface area contributed by atoms with Crippen LogP contribution in [0.15, 0.2) is 43.2 Å². The van der Waals surface area contributed by atoms with E-state index in [4.69, 9.17) is 0 Å². The highest BCUT2D eigenvalue weighted by Gasteiger charge is 2.21. The second-order valence-electron chi connectivity index (χ2n) is 6.55. The van der Waals surface area contributed by atoms with Crippen molar-refractivity contribution < 1.29 is 0 Å². The molecule has 1 N–H and O–H groups in total. The van der Waals surface area contributed by atoms with E-state index >= 15 is 0 Å². The summed E-state index contributed by atoms with van der Waals surface area (Å²) in [6.07, 6.45) is 8.35. The van der Waals surface area contributed by atoms with Gasteiger partial charge in [0.2, 0.25) is 0 Å². The van der Waals surface area contributed by atoms with Gasteiger partial charge in [-0.2, -0.15) is 0 Å². The molecule has 5 nitrogen and oxygen atoms in total. The monoisotopic (exact) mass is 319 g/mol. The van der Waals surface area contributed by atoms with Crippen molar-refractivity contribution in [3.8, 4) is 11.1 Å². The summed E-state index contributed by atoms with van der Waals surface area (Å²) in [6, 6.07) is 6.72. The summed E-state index contributed by atoms with van der Waals surface area (Å²) in [5, 5.41) is 0. The number of aromatic amines is 1. The van der Waals surface area contributed by atoms with Crippen LogP contribution < -0.4 is 4.90 Å². The summed E-state index contributed by atoms with van der Waals surface area (Å²) >= 11 is 0. The third-order valence-electron chi connectivity index (χ3n) is 4.59. The molecule has 122 valence electrons. The average Bonchev–Trinajstić information content (AvgIpc) is 3.25. The van der Waals surface area contributed by atoms with E-state index < -0.39 is 0 Å². The lowest BCUT2D eigenvalue weighted by molar-refractivity contribution is 0.816.